The molecule has 1 fully saturated rings. The van der Waals surface area contributed by atoms with Gasteiger partial charge in [-0.25, -0.2) is 13.1 Å². The Bertz CT molecular complexity index is 797. The normalized spacial score (nSPS) is 22.0. The first-order valence-electron chi connectivity index (χ1n) is 7.33. The highest BCUT2D eigenvalue weighted by Crippen LogP contribution is 2.36. The van der Waals surface area contributed by atoms with Crippen LogP contribution in [0, 0.1) is 6.92 Å². The molecule has 1 aliphatic rings. The number of fused-ring (bicyclic) bond motifs is 1. The molecule has 2 aromatic rings. The summed E-state index contributed by atoms with van der Waals surface area (Å²) in [6.45, 7) is 1.84. The Balaban J connectivity index is 0.00000192. The van der Waals surface area contributed by atoms with Gasteiger partial charge in [0, 0.05) is 32.1 Å². The number of hydrogen-bond donors (Lipinski definition) is 2. The molecule has 3 rings (SSSR count). The monoisotopic (exact) mass is 394 g/mol. The molecule has 0 atom stereocenters. The molecule has 0 saturated heterocycles. The molecule has 1 aromatic heterocycles. The molecule has 3 N–H and O–H groups in total. The van der Waals surface area contributed by atoms with Crippen LogP contribution >= 0.6 is 35.3 Å². The minimum Gasteiger partial charge on any atom is -0.328 e. The van der Waals surface area contributed by atoms with Gasteiger partial charge in [-0.1, -0.05) is 11.6 Å². The van der Waals surface area contributed by atoms with Gasteiger partial charge in [0.25, 0.3) is 0 Å². The lowest BCUT2D eigenvalue weighted by Gasteiger charge is -2.26. The smallest absolute Gasteiger partial charge is 0.242 e. The number of sulfonamides is 1. The maximum Gasteiger partial charge on any atom is 0.242 e. The van der Waals surface area contributed by atoms with E-state index in [1.54, 1.807) is 12.1 Å². The van der Waals surface area contributed by atoms with Crippen molar-refractivity contribution in [3.63, 3.8) is 0 Å². The van der Waals surface area contributed by atoms with Crippen molar-refractivity contribution in [1.29, 1.82) is 0 Å². The fourth-order valence-electron chi connectivity index (χ4n) is 3.02. The second kappa shape index (κ2) is 7.25. The fourth-order valence-corrected chi connectivity index (χ4v) is 6.28. The van der Waals surface area contributed by atoms with Crippen LogP contribution in [0.1, 0.15) is 30.6 Å². The lowest BCUT2D eigenvalue weighted by atomic mass is 9.93. The largest absolute Gasteiger partial charge is 0.328 e. The van der Waals surface area contributed by atoms with Crippen LogP contribution in [-0.4, -0.2) is 20.5 Å². The van der Waals surface area contributed by atoms with E-state index in [1.165, 1.54) is 11.3 Å². The molecule has 1 aliphatic carbocycles. The second-order valence-electron chi connectivity index (χ2n) is 5.86. The lowest BCUT2D eigenvalue weighted by Crippen LogP contribution is -2.40. The zero-order valence-electron chi connectivity index (χ0n) is 12.7. The number of thiophene rings is 1. The summed E-state index contributed by atoms with van der Waals surface area (Å²) in [7, 11) is -3.55. The van der Waals surface area contributed by atoms with Crippen molar-refractivity contribution in [2.24, 2.45) is 5.73 Å². The van der Waals surface area contributed by atoms with Crippen LogP contribution < -0.4 is 10.5 Å². The summed E-state index contributed by atoms with van der Waals surface area (Å²) in [6, 6.07) is 5.55. The Morgan fingerprint density at radius 3 is 2.57 bits per heavy atom. The summed E-state index contributed by atoms with van der Waals surface area (Å²) in [6.07, 6.45) is 3.31. The summed E-state index contributed by atoms with van der Waals surface area (Å²) >= 11 is 7.51. The number of nitrogens with two attached hydrogens (primary N) is 1. The van der Waals surface area contributed by atoms with E-state index in [4.69, 9.17) is 17.3 Å². The van der Waals surface area contributed by atoms with E-state index >= 15 is 0 Å². The third-order valence-electron chi connectivity index (χ3n) is 4.13. The summed E-state index contributed by atoms with van der Waals surface area (Å²) in [5.74, 6) is 0. The molecular formula is C15H20Cl2N2O2S2. The molecule has 8 heteroatoms. The molecule has 1 aromatic carbocycles. The lowest BCUT2D eigenvalue weighted by molar-refractivity contribution is 0.373. The van der Waals surface area contributed by atoms with Gasteiger partial charge in [-0.3, -0.25) is 0 Å². The number of aryl methyl sites for hydroxylation is 1. The van der Waals surface area contributed by atoms with E-state index in [9.17, 15) is 8.42 Å². The molecule has 0 amide bonds. The predicted octanol–water partition coefficient (Wildman–Crippen LogP) is 3.83. The van der Waals surface area contributed by atoms with E-state index in [2.05, 4.69) is 4.72 Å². The van der Waals surface area contributed by atoms with Gasteiger partial charge in [-0.05, 0) is 50.8 Å². The Labute approximate surface area is 151 Å². The van der Waals surface area contributed by atoms with Gasteiger partial charge in [-0.2, -0.15) is 0 Å². The van der Waals surface area contributed by atoms with Gasteiger partial charge in [0.2, 0.25) is 10.0 Å². The zero-order valence-corrected chi connectivity index (χ0v) is 15.9. The molecule has 1 saturated carbocycles. The van der Waals surface area contributed by atoms with Gasteiger partial charge in [-0.15, -0.1) is 23.7 Å². The minimum absolute atomic E-state index is 0. The Hall–Kier alpha value is -0.370. The SMILES string of the molecule is Cc1sc2ccc(Cl)cc2c1S(=O)(=O)NC1CCC(N)CC1.Cl. The highest BCUT2D eigenvalue weighted by Gasteiger charge is 2.28. The van der Waals surface area contributed by atoms with Crippen LogP contribution in [0.3, 0.4) is 0 Å². The van der Waals surface area contributed by atoms with E-state index in [-0.39, 0.29) is 24.5 Å². The van der Waals surface area contributed by atoms with E-state index in [0.717, 1.165) is 35.3 Å². The van der Waals surface area contributed by atoms with Crippen LogP contribution in [-0.2, 0) is 10.0 Å². The molecule has 0 unspecified atom stereocenters. The van der Waals surface area contributed by atoms with Crippen molar-refractivity contribution >= 4 is 55.5 Å². The predicted molar refractivity (Wildman–Crippen MR) is 99.4 cm³/mol. The van der Waals surface area contributed by atoms with Crippen LogP contribution in [0.5, 0.6) is 0 Å². The number of benzene rings is 1. The van der Waals surface area contributed by atoms with Crippen molar-refractivity contribution in [1.82, 2.24) is 4.72 Å². The van der Waals surface area contributed by atoms with Crippen LogP contribution in [0.25, 0.3) is 10.1 Å². The number of nitrogens with one attached hydrogen (secondary N) is 1. The number of halogens is 2. The van der Waals surface area contributed by atoms with E-state index in [1.807, 2.05) is 13.0 Å². The Morgan fingerprint density at radius 2 is 1.91 bits per heavy atom. The van der Waals surface area contributed by atoms with Crippen LogP contribution in [0.4, 0.5) is 0 Å². The standard InChI is InChI=1S/C15H19ClN2O2S2.ClH/c1-9-15(13-8-10(16)2-7-14(13)21-9)22(19,20)18-12-5-3-11(17)4-6-12;/h2,7-8,11-12,18H,3-6,17H2,1H3;1H. The highest BCUT2D eigenvalue weighted by molar-refractivity contribution is 7.90. The van der Waals surface area contributed by atoms with E-state index < -0.39 is 10.0 Å². The van der Waals surface area contributed by atoms with Gasteiger partial charge in [0.05, 0.1) is 0 Å². The molecule has 0 aliphatic heterocycles. The molecule has 0 radical (unpaired) electrons. The molecule has 23 heavy (non-hydrogen) atoms. The first-order valence-corrected chi connectivity index (χ1v) is 10.0. The molecule has 4 nitrogen and oxygen atoms in total. The molecular weight excluding hydrogens is 375 g/mol. The zero-order chi connectivity index (χ0) is 15.9. The maximum absolute atomic E-state index is 12.8. The molecule has 0 spiro atoms. The van der Waals surface area contributed by atoms with Crippen LogP contribution in [0.15, 0.2) is 23.1 Å². The van der Waals surface area contributed by atoms with Crippen LogP contribution in [0.2, 0.25) is 5.02 Å². The first kappa shape index (κ1) is 19.0. The Morgan fingerprint density at radius 1 is 1.26 bits per heavy atom. The molecule has 128 valence electrons. The quantitative estimate of drug-likeness (QED) is 0.830. The van der Waals surface area contributed by atoms with Gasteiger partial charge >= 0.3 is 0 Å². The fraction of sp³-hybridized carbons (Fsp3) is 0.467. The van der Waals surface area contributed by atoms with Gasteiger partial charge in [0.1, 0.15) is 4.90 Å². The molecule has 0 bridgehead atoms. The van der Waals surface area contributed by atoms with Crippen molar-refractivity contribution in [3.8, 4) is 0 Å². The summed E-state index contributed by atoms with van der Waals surface area (Å²) in [5, 5.41) is 1.25. The molecule has 1 heterocycles. The first-order chi connectivity index (χ1) is 10.4. The van der Waals surface area contributed by atoms with E-state index in [0.29, 0.717) is 15.3 Å². The van der Waals surface area contributed by atoms with Gasteiger partial charge < -0.3 is 5.73 Å². The summed E-state index contributed by atoms with van der Waals surface area (Å²) in [4.78, 5) is 1.15. The van der Waals surface area contributed by atoms with Crippen molar-refractivity contribution in [3.05, 3.63) is 28.1 Å². The highest BCUT2D eigenvalue weighted by atomic mass is 35.5. The van der Waals surface area contributed by atoms with Crippen molar-refractivity contribution in [2.45, 2.75) is 49.6 Å². The third-order valence-corrected chi connectivity index (χ3v) is 7.29. The van der Waals surface area contributed by atoms with Crippen molar-refractivity contribution in [2.75, 3.05) is 0 Å². The van der Waals surface area contributed by atoms with Crippen molar-refractivity contribution < 1.29 is 8.42 Å². The second-order valence-corrected chi connectivity index (χ2v) is 9.20. The number of hydrogen-bond acceptors (Lipinski definition) is 4. The average Bonchev–Trinajstić information content (AvgIpc) is 2.77. The minimum atomic E-state index is -3.55. The van der Waals surface area contributed by atoms with Gasteiger partial charge in [0.15, 0.2) is 0 Å². The topological polar surface area (TPSA) is 72.2 Å². The average molecular weight is 395 g/mol. The Kier molecular flexibility index (Phi) is 5.98. The third kappa shape index (κ3) is 4.00. The summed E-state index contributed by atoms with van der Waals surface area (Å²) in [5.41, 5.74) is 5.88. The number of rotatable bonds is 3. The summed E-state index contributed by atoms with van der Waals surface area (Å²) < 4.78 is 29.4. The maximum atomic E-state index is 12.8.